The van der Waals surface area contributed by atoms with E-state index in [1.807, 2.05) is 13.8 Å². The number of alkyl carbamates (subject to hydrolysis) is 1. The smallest absolute Gasteiger partial charge is 0.408 e. The van der Waals surface area contributed by atoms with Crippen molar-refractivity contribution in [1.29, 1.82) is 0 Å². The number of nitrogens with zero attached hydrogens (tertiary/aromatic N) is 1. The molecule has 1 aromatic heterocycles. The van der Waals surface area contributed by atoms with Crippen LogP contribution in [0.5, 0.6) is 0 Å². The van der Waals surface area contributed by atoms with Gasteiger partial charge in [-0.3, -0.25) is 4.79 Å². The van der Waals surface area contributed by atoms with Crippen molar-refractivity contribution in [1.82, 2.24) is 10.3 Å². The van der Waals surface area contributed by atoms with E-state index in [1.165, 1.54) is 11.3 Å². The van der Waals surface area contributed by atoms with Crippen LogP contribution in [0.3, 0.4) is 0 Å². The zero-order valence-electron chi connectivity index (χ0n) is 13.1. The van der Waals surface area contributed by atoms with Crippen LogP contribution in [0.15, 0.2) is 5.38 Å². The van der Waals surface area contributed by atoms with Crippen molar-refractivity contribution < 1.29 is 14.3 Å². The summed E-state index contributed by atoms with van der Waals surface area (Å²) in [6, 6.07) is -0.294. The number of rotatable bonds is 5. The molecule has 3 N–H and O–H groups in total. The molecular weight excluding hydrogens is 290 g/mol. The lowest BCUT2D eigenvalue weighted by molar-refractivity contribution is 0.0497. The molecule has 0 aliphatic rings. The number of ether oxygens (including phenoxy) is 1. The number of hydrogen-bond acceptors (Lipinski definition) is 5. The van der Waals surface area contributed by atoms with Crippen LogP contribution in [0.25, 0.3) is 0 Å². The lowest BCUT2D eigenvalue weighted by atomic mass is 10.0. The third kappa shape index (κ3) is 6.12. The van der Waals surface area contributed by atoms with Gasteiger partial charge in [-0.2, -0.15) is 0 Å². The van der Waals surface area contributed by atoms with Gasteiger partial charge in [-0.15, -0.1) is 11.3 Å². The number of thiazole rings is 1. The zero-order valence-corrected chi connectivity index (χ0v) is 13.9. The third-order valence-corrected chi connectivity index (χ3v) is 3.43. The predicted molar refractivity (Wildman–Crippen MR) is 82.2 cm³/mol. The predicted octanol–water partition coefficient (Wildman–Crippen LogP) is 2.85. The first-order chi connectivity index (χ1) is 9.58. The molecule has 7 heteroatoms. The Labute approximate surface area is 129 Å². The van der Waals surface area contributed by atoms with E-state index in [4.69, 9.17) is 10.5 Å². The Bertz CT molecular complexity index is 506. The number of nitrogens with one attached hydrogen (secondary N) is 1. The van der Waals surface area contributed by atoms with Crippen LogP contribution in [0.4, 0.5) is 4.79 Å². The third-order valence-electron chi connectivity index (χ3n) is 2.47. The summed E-state index contributed by atoms with van der Waals surface area (Å²) < 4.78 is 5.26. The average molecular weight is 313 g/mol. The number of primary amides is 1. The largest absolute Gasteiger partial charge is 0.444 e. The molecule has 0 spiro atoms. The quantitative estimate of drug-likeness (QED) is 0.874. The van der Waals surface area contributed by atoms with E-state index < -0.39 is 17.6 Å². The average Bonchev–Trinajstić information content (AvgIpc) is 2.73. The van der Waals surface area contributed by atoms with Crippen molar-refractivity contribution >= 4 is 23.3 Å². The maximum Gasteiger partial charge on any atom is 0.408 e. The Kier molecular flexibility index (Phi) is 5.71. The Balaban J connectivity index is 2.84. The summed E-state index contributed by atoms with van der Waals surface area (Å²) in [5, 5.41) is 5.06. The summed E-state index contributed by atoms with van der Waals surface area (Å²) >= 11 is 1.31. The SMILES string of the molecule is CC(C)CC(NC(=O)OC(C)(C)C)c1nc(C(N)=O)cs1. The van der Waals surface area contributed by atoms with Crippen LogP contribution in [0, 0.1) is 5.92 Å². The van der Waals surface area contributed by atoms with Gasteiger partial charge in [-0.1, -0.05) is 13.8 Å². The molecule has 1 rings (SSSR count). The molecule has 1 unspecified atom stereocenters. The second-order valence-electron chi connectivity index (χ2n) is 6.26. The molecule has 6 nitrogen and oxygen atoms in total. The van der Waals surface area contributed by atoms with Crippen molar-refractivity contribution in [3.63, 3.8) is 0 Å². The van der Waals surface area contributed by atoms with Crippen LogP contribution in [-0.4, -0.2) is 22.6 Å². The topological polar surface area (TPSA) is 94.3 Å². The molecule has 0 saturated carbocycles. The summed E-state index contributed by atoms with van der Waals surface area (Å²) in [7, 11) is 0. The van der Waals surface area contributed by atoms with Crippen molar-refractivity contribution in [3.8, 4) is 0 Å². The van der Waals surface area contributed by atoms with Gasteiger partial charge in [0.15, 0.2) is 0 Å². The fraction of sp³-hybridized carbons (Fsp3) is 0.643. The second kappa shape index (κ2) is 6.89. The van der Waals surface area contributed by atoms with Crippen LogP contribution < -0.4 is 11.1 Å². The van der Waals surface area contributed by atoms with Gasteiger partial charge in [0.1, 0.15) is 16.3 Å². The molecule has 21 heavy (non-hydrogen) atoms. The Hall–Kier alpha value is -1.63. The first kappa shape index (κ1) is 17.4. The summed E-state index contributed by atoms with van der Waals surface area (Å²) in [5.74, 6) is -0.219. The maximum absolute atomic E-state index is 11.9. The van der Waals surface area contributed by atoms with Crippen molar-refractivity contribution in [3.05, 3.63) is 16.1 Å². The van der Waals surface area contributed by atoms with Gasteiger partial charge in [0, 0.05) is 5.38 Å². The van der Waals surface area contributed by atoms with E-state index in [2.05, 4.69) is 10.3 Å². The lowest BCUT2D eigenvalue weighted by Crippen LogP contribution is -2.35. The molecule has 0 aliphatic carbocycles. The van der Waals surface area contributed by atoms with Gasteiger partial charge in [0.2, 0.25) is 0 Å². The van der Waals surface area contributed by atoms with E-state index in [0.29, 0.717) is 17.3 Å². The van der Waals surface area contributed by atoms with Crippen molar-refractivity contribution in [2.75, 3.05) is 0 Å². The lowest BCUT2D eigenvalue weighted by Gasteiger charge is -2.23. The van der Waals surface area contributed by atoms with Gasteiger partial charge in [0.05, 0.1) is 6.04 Å². The molecule has 1 aromatic rings. The molecule has 1 atom stereocenters. The molecule has 0 saturated heterocycles. The summed E-state index contributed by atoms with van der Waals surface area (Å²) in [4.78, 5) is 27.2. The maximum atomic E-state index is 11.9. The van der Waals surface area contributed by atoms with Gasteiger partial charge in [-0.05, 0) is 33.1 Å². The summed E-state index contributed by atoms with van der Waals surface area (Å²) in [5.41, 5.74) is 4.86. The first-order valence-electron chi connectivity index (χ1n) is 6.83. The monoisotopic (exact) mass is 313 g/mol. The molecule has 118 valence electrons. The number of aromatic nitrogens is 1. The Morgan fingerprint density at radius 3 is 2.48 bits per heavy atom. The number of nitrogens with two attached hydrogens (primary N) is 1. The highest BCUT2D eigenvalue weighted by atomic mass is 32.1. The van der Waals surface area contributed by atoms with E-state index in [0.717, 1.165) is 0 Å². The number of hydrogen-bond donors (Lipinski definition) is 2. The van der Waals surface area contributed by atoms with Gasteiger partial charge in [0.25, 0.3) is 5.91 Å². The highest BCUT2D eigenvalue weighted by Gasteiger charge is 2.23. The Morgan fingerprint density at radius 2 is 2.05 bits per heavy atom. The highest BCUT2D eigenvalue weighted by Crippen LogP contribution is 2.25. The number of carbonyl (C=O) groups excluding carboxylic acids is 2. The first-order valence-corrected chi connectivity index (χ1v) is 7.71. The highest BCUT2D eigenvalue weighted by molar-refractivity contribution is 7.09. The van der Waals surface area contributed by atoms with Crippen LogP contribution in [-0.2, 0) is 4.74 Å². The molecule has 1 heterocycles. The minimum absolute atomic E-state index is 0.217. The van der Waals surface area contributed by atoms with E-state index in [1.54, 1.807) is 26.2 Å². The Morgan fingerprint density at radius 1 is 1.43 bits per heavy atom. The molecule has 0 aromatic carbocycles. The molecule has 2 amide bonds. The van der Waals surface area contributed by atoms with Gasteiger partial charge < -0.3 is 15.8 Å². The fourth-order valence-electron chi connectivity index (χ4n) is 1.70. The fourth-order valence-corrected chi connectivity index (χ4v) is 2.58. The van der Waals surface area contributed by atoms with Crippen molar-refractivity contribution in [2.24, 2.45) is 11.7 Å². The minimum Gasteiger partial charge on any atom is -0.444 e. The molecule has 0 aliphatic heterocycles. The molecule has 0 radical (unpaired) electrons. The zero-order chi connectivity index (χ0) is 16.2. The van der Waals surface area contributed by atoms with E-state index in [-0.39, 0.29) is 11.7 Å². The normalized spacial score (nSPS) is 13.0. The van der Waals surface area contributed by atoms with Gasteiger partial charge in [-0.25, -0.2) is 9.78 Å². The molecule has 0 fully saturated rings. The molecule has 0 bridgehead atoms. The summed E-state index contributed by atoms with van der Waals surface area (Å²) in [6.45, 7) is 9.51. The number of amides is 2. The van der Waals surface area contributed by atoms with E-state index in [9.17, 15) is 9.59 Å². The van der Waals surface area contributed by atoms with Crippen molar-refractivity contribution in [2.45, 2.75) is 52.7 Å². The second-order valence-corrected chi connectivity index (χ2v) is 7.15. The van der Waals surface area contributed by atoms with E-state index >= 15 is 0 Å². The van der Waals surface area contributed by atoms with Gasteiger partial charge >= 0.3 is 6.09 Å². The van der Waals surface area contributed by atoms with Crippen LogP contribution in [0.1, 0.15) is 62.6 Å². The molecular formula is C14H23N3O3S. The number of carbonyl (C=O) groups is 2. The minimum atomic E-state index is -0.571. The standard InChI is InChI=1S/C14H23N3O3S/c1-8(2)6-9(17-13(19)20-14(3,4)5)12-16-10(7-21-12)11(15)18/h7-9H,6H2,1-5H3,(H2,15,18)(H,17,19). The summed E-state index contributed by atoms with van der Waals surface area (Å²) in [6.07, 6.45) is 0.203. The van der Waals surface area contributed by atoms with Crippen LogP contribution >= 0.6 is 11.3 Å². The van der Waals surface area contributed by atoms with Crippen LogP contribution in [0.2, 0.25) is 0 Å².